The van der Waals surface area contributed by atoms with Gasteiger partial charge in [-0.1, -0.05) is 42.5 Å². The lowest BCUT2D eigenvalue weighted by Gasteiger charge is -2.40. The first-order valence-electron chi connectivity index (χ1n) is 9.89. The van der Waals surface area contributed by atoms with E-state index in [1.54, 1.807) is 0 Å². The Bertz CT molecular complexity index is 784. The highest BCUT2D eigenvalue weighted by molar-refractivity contribution is 7.90. The Balaban J connectivity index is 1.51. The molecule has 154 valence electrons. The van der Waals surface area contributed by atoms with Gasteiger partial charge >= 0.3 is 0 Å². The lowest BCUT2D eigenvalue weighted by molar-refractivity contribution is -0.135. The molecule has 1 spiro atoms. The van der Waals surface area contributed by atoms with Crippen LogP contribution in [0.4, 0.5) is 0 Å². The lowest BCUT2D eigenvalue weighted by atomic mass is 9.87. The van der Waals surface area contributed by atoms with Gasteiger partial charge in [0, 0.05) is 39.0 Å². The summed E-state index contributed by atoms with van der Waals surface area (Å²) in [5.74, 6) is 0.321. The molecule has 1 aromatic carbocycles. The van der Waals surface area contributed by atoms with E-state index < -0.39 is 15.4 Å². The standard InChI is InChI=1S/C21H30N2O4S/c1-28(25,26)17-15-22-12-9-21(10-13-22)18-20(24)23(14-16-27-21)11-5-8-19-6-3-2-4-7-19/h2-8H,9-18H2,1H3/b8-5+. The van der Waals surface area contributed by atoms with Gasteiger partial charge in [-0.3, -0.25) is 4.79 Å². The minimum atomic E-state index is -2.95. The van der Waals surface area contributed by atoms with Crippen LogP contribution in [0.2, 0.25) is 0 Å². The maximum atomic E-state index is 12.8. The smallest absolute Gasteiger partial charge is 0.225 e. The summed E-state index contributed by atoms with van der Waals surface area (Å²) in [7, 11) is -2.95. The Labute approximate surface area is 168 Å². The van der Waals surface area contributed by atoms with Gasteiger partial charge in [0.1, 0.15) is 9.84 Å². The summed E-state index contributed by atoms with van der Waals surface area (Å²) in [5, 5.41) is 0. The number of carbonyl (C=O) groups excluding carboxylic acids is 1. The minimum absolute atomic E-state index is 0.139. The molecule has 0 aliphatic carbocycles. The van der Waals surface area contributed by atoms with Crippen LogP contribution in [0.15, 0.2) is 36.4 Å². The fourth-order valence-corrected chi connectivity index (χ4v) is 4.40. The molecule has 2 aliphatic heterocycles. The predicted molar refractivity (Wildman–Crippen MR) is 111 cm³/mol. The molecule has 3 rings (SSSR count). The molecule has 7 heteroatoms. The number of nitrogens with zero attached hydrogens (tertiary/aromatic N) is 2. The number of carbonyl (C=O) groups is 1. The number of ether oxygens (including phenoxy) is 1. The highest BCUT2D eigenvalue weighted by Gasteiger charge is 2.40. The molecule has 2 aliphatic rings. The quantitative estimate of drug-likeness (QED) is 0.721. The third kappa shape index (κ3) is 6.15. The van der Waals surface area contributed by atoms with Crippen LogP contribution in [0.3, 0.4) is 0 Å². The van der Waals surface area contributed by atoms with Crippen LogP contribution in [-0.4, -0.2) is 81.1 Å². The molecule has 0 unspecified atom stereocenters. The highest BCUT2D eigenvalue weighted by Crippen LogP contribution is 2.32. The fraction of sp³-hybridized carbons (Fsp3) is 0.571. The molecule has 2 fully saturated rings. The number of hydrogen-bond donors (Lipinski definition) is 0. The molecule has 2 heterocycles. The Morgan fingerprint density at radius 1 is 1.14 bits per heavy atom. The molecule has 6 nitrogen and oxygen atoms in total. The molecule has 0 radical (unpaired) electrons. The van der Waals surface area contributed by atoms with E-state index in [1.165, 1.54) is 6.26 Å². The summed E-state index contributed by atoms with van der Waals surface area (Å²) >= 11 is 0. The van der Waals surface area contributed by atoms with Gasteiger partial charge in [-0.25, -0.2) is 8.42 Å². The van der Waals surface area contributed by atoms with Crippen molar-refractivity contribution in [3.05, 3.63) is 42.0 Å². The van der Waals surface area contributed by atoms with Gasteiger partial charge in [-0.05, 0) is 18.4 Å². The number of benzene rings is 1. The van der Waals surface area contributed by atoms with E-state index >= 15 is 0 Å². The zero-order chi connectivity index (χ0) is 20.0. The molecule has 1 aromatic rings. The summed E-state index contributed by atoms with van der Waals surface area (Å²) in [6.45, 7) is 3.85. The fourth-order valence-electron chi connectivity index (χ4n) is 3.81. The zero-order valence-corrected chi connectivity index (χ0v) is 17.4. The second-order valence-corrected chi connectivity index (χ2v) is 10.1. The highest BCUT2D eigenvalue weighted by atomic mass is 32.2. The SMILES string of the molecule is CS(=O)(=O)CCN1CCC2(CC1)CC(=O)N(C/C=C/c1ccccc1)CCO2. The van der Waals surface area contributed by atoms with Gasteiger partial charge in [0.2, 0.25) is 5.91 Å². The lowest BCUT2D eigenvalue weighted by Crippen LogP contribution is -2.48. The Hall–Kier alpha value is -1.70. The summed E-state index contributed by atoms with van der Waals surface area (Å²) < 4.78 is 28.9. The molecule has 1 amide bonds. The molecular formula is C21H30N2O4S. The molecule has 2 saturated heterocycles. The van der Waals surface area contributed by atoms with Crippen molar-refractivity contribution in [1.82, 2.24) is 9.80 Å². The monoisotopic (exact) mass is 406 g/mol. The largest absolute Gasteiger partial charge is 0.373 e. The van der Waals surface area contributed by atoms with E-state index in [0.717, 1.165) is 31.5 Å². The number of piperidine rings is 1. The van der Waals surface area contributed by atoms with Crippen molar-refractivity contribution in [3.8, 4) is 0 Å². The van der Waals surface area contributed by atoms with Gasteiger partial charge in [0.05, 0.1) is 24.4 Å². The summed E-state index contributed by atoms with van der Waals surface area (Å²) in [5.41, 5.74) is 0.732. The number of amides is 1. The summed E-state index contributed by atoms with van der Waals surface area (Å²) in [6, 6.07) is 10.1. The average Bonchev–Trinajstić information content (AvgIpc) is 2.81. The third-order valence-corrected chi connectivity index (χ3v) is 6.50. The van der Waals surface area contributed by atoms with Gasteiger partial charge in [0.15, 0.2) is 0 Å². The normalized spacial score (nSPS) is 21.3. The minimum Gasteiger partial charge on any atom is -0.373 e. The van der Waals surface area contributed by atoms with Gasteiger partial charge in [-0.2, -0.15) is 0 Å². The van der Waals surface area contributed by atoms with Gasteiger partial charge in [0.25, 0.3) is 0 Å². The number of sulfone groups is 1. The molecule has 28 heavy (non-hydrogen) atoms. The van der Waals surface area contributed by atoms with E-state index in [0.29, 0.717) is 32.7 Å². The molecule has 0 aromatic heterocycles. The Morgan fingerprint density at radius 2 is 1.86 bits per heavy atom. The van der Waals surface area contributed by atoms with Crippen LogP contribution in [0, 0.1) is 0 Å². The van der Waals surface area contributed by atoms with Crippen molar-refractivity contribution in [1.29, 1.82) is 0 Å². The second kappa shape index (κ2) is 9.20. The Morgan fingerprint density at radius 3 is 2.54 bits per heavy atom. The van der Waals surface area contributed by atoms with Crippen LogP contribution in [0.1, 0.15) is 24.8 Å². The van der Waals surface area contributed by atoms with Gasteiger partial charge in [-0.15, -0.1) is 0 Å². The van der Waals surface area contributed by atoms with Crippen molar-refractivity contribution in [2.24, 2.45) is 0 Å². The van der Waals surface area contributed by atoms with Crippen molar-refractivity contribution >= 4 is 21.8 Å². The zero-order valence-electron chi connectivity index (χ0n) is 16.5. The maximum Gasteiger partial charge on any atom is 0.225 e. The number of rotatable bonds is 6. The van der Waals surface area contributed by atoms with Gasteiger partial charge < -0.3 is 14.5 Å². The second-order valence-electron chi connectivity index (χ2n) is 7.83. The molecule has 0 N–H and O–H groups in total. The molecular weight excluding hydrogens is 376 g/mol. The van der Waals surface area contributed by atoms with Crippen molar-refractivity contribution < 1.29 is 17.9 Å². The van der Waals surface area contributed by atoms with Crippen LogP contribution in [0.25, 0.3) is 6.08 Å². The van der Waals surface area contributed by atoms with E-state index in [1.807, 2.05) is 47.4 Å². The third-order valence-electron chi connectivity index (χ3n) is 5.58. The van der Waals surface area contributed by atoms with E-state index in [4.69, 9.17) is 4.74 Å². The van der Waals surface area contributed by atoms with Crippen molar-refractivity contribution in [2.45, 2.75) is 24.9 Å². The van der Waals surface area contributed by atoms with Crippen LogP contribution in [0.5, 0.6) is 0 Å². The van der Waals surface area contributed by atoms with Crippen LogP contribution >= 0.6 is 0 Å². The van der Waals surface area contributed by atoms with Crippen LogP contribution in [-0.2, 0) is 19.4 Å². The van der Waals surface area contributed by atoms with E-state index in [2.05, 4.69) is 4.90 Å². The summed E-state index contributed by atoms with van der Waals surface area (Å²) in [6.07, 6.45) is 7.29. The topological polar surface area (TPSA) is 66.9 Å². The molecule has 0 saturated carbocycles. The maximum absolute atomic E-state index is 12.8. The first-order valence-corrected chi connectivity index (χ1v) is 11.9. The van der Waals surface area contributed by atoms with Crippen LogP contribution < -0.4 is 0 Å². The first-order chi connectivity index (χ1) is 13.4. The summed E-state index contributed by atoms with van der Waals surface area (Å²) in [4.78, 5) is 16.8. The van der Waals surface area contributed by atoms with E-state index in [9.17, 15) is 13.2 Å². The van der Waals surface area contributed by atoms with E-state index in [-0.39, 0.29) is 11.7 Å². The number of hydrogen-bond acceptors (Lipinski definition) is 5. The van der Waals surface area contributed by atoms with Crippen molar-refractivity contribution in [2.75, 3.05) is 51.3 Å². The predicted octanol–water partition coefficient (Wildman–Crippen LogP) is 1.83. The molecule has 0 atom stereocenters. The molecule has 0 bridgehead atoms. The Kier molecular flexibility index (Phi) is 6.91. The number of likely N-dealkylation sites (tertiary alicyclic amines) is 1. The average molecular weight is 407 g/mol. The first kappa shape index (κ1) is 21.0. The van der Waals surface area contributed by atoms with Crippen molar-refractivity contribution in [3.63, 3.8) is 0 Å².